The van der Waals surface area contributed by atoms with Crippen LogP contribution in [0.3, 0.4) is 0 Å². The van der Waals surface area contributed by atoms with Crippen LogP contribution in [0.2, 0.25) is 0 Å². The number of fused-ring (bicyclic) bond motifs is 1. The lowest BCUT2D eigenvalue weighted by molar-refractivity contribution is 0.103. The molecule has 19 heavy (non-hydrogen) atoms. The van der Waals surface area contributed by atoms with Crippen molar-refractivity contribution in [2.24, 2.45) is 0 Å². The average molecular weight is 252 g/mol. The van der Waals surface area contributed by atoms with Crippen molar-refractivity contribution in [1.29, 1.82) is 0 Å². The van der Waals surface area contributed by atoms with E-state index in [9.17, 15) is 4.79 Å². The van der Waals surface area contributed by atoms with Crippen LogP contribution in [0.4, 0.5) is 0 Å². The van der Waals surface area contributed by atoms with Crippen LogP contribution in [0.15, 0.2) is 42.5 Å². The molecule has 0 N–H and O–H groups in total. The maximum absolute atomic E-state index is 12.5. The fourth-order valence-electron chi connectivity index (χ4n) is 2.64. The lowest BCUT2D eigenvalue weighted by atomic mass is 9.99. The fraction of sp³-hybridized carbons (Fsp3) is 0.235. The van der Waals surface area contributed by atoms with Crippen molar-refractivity contribution < 1.29 is 9.53 Å². The first kappa shape index (κ1) is 12.0. The zero-order valence-corrected chi connectivity index (χ0v) is 11.0. The van der Waals surface area contributed by atoms with E-state index in [-0.39, 0.29) is 5.78 Å². The summed E-state index contributed by atoms with van der Waals surface area (Å²) in [6.45, 7) is 0. The third kappa shape index (κ3) is 2.26. The molecule has 2 nitrogen and oxygen atoms in total. The normalized spacial score (nSPS) is 13.1. The molecule has 0 heterocycles. The molecule has 1 aliphatic carbocycles. The number of aryl methyl sites for hydroxylation is 2. The van der Waals surface area contributed by atoms with E-state index < -0.39 is 0 Å². The number of ketones is 1. The van der Waals surface area contributed by atoms with Gasteiger partial charge in [0.25, 0.3) is 0 Å². The Morgan fingerprint density at radius 3 is 2.63 bits per heavy atom. The molecule has 0 atom stereocenters. The number of carbonyl (C=O) groups is 1. The number of hydrogen-bond acceptors (Lipinski definition) is 2. The van der Waals surface area contributed by atoms with Gasteiger partial charge in [-0.25, -0.2) is 0 Å². The van der Waals surface area contributed by atoms with Gasteiger partial charge in [-0.3, -0.25) is 4.79 Å². The molecule has 0 spiro atoms. The molecule has 0 fully saturated rings. The average Bonchev–Trinajstić information content (AvgIpc) is 2.94. The maximum Gasteiger partial charge on any atom is 0.193 e. The molecule has 2 aromatic rings. The van der Waals surface area contributed by atoms with Gasteiger partial charge in [0.15, 0.2) is 5.78 Å². The molecule has 0 aromatic heterocycles. The summed E-state index contributed by atoms with van der Waals surface area (Å²) in [6, 6.07) is 13.4. The third-order valence-electron chi connectivity index (χ3n) is 3.69. The molecule has 0 amide bonds. The van der Waals surface area contributed by atoms with Gasteiger partial charge in [0.1, 0.15) is 5.75 Å². The van der Waals surface area contributed by atoms with E-state index in [2.05, 4.69) is 6.07 Å². The van der Waals surface area contributed by atoms with Gasteiger partial charge in [-0.1, -0.05) is 24.3 Å². The lowest BCUT2D eigenvalue weighted by Crippen LogP contribution is -2.02. The monoisotopic (exact) mass is 252 g/mol. The molecule has 3 rings (SSSR count). The number of hydrogen-bond donors (Lipinski definition) is 0. The number of benzene rings is 2. The first-order valence-corrected chi connectivity index (χ1v) is 6.58. The highest BCUT2D eigenvalue weighted by atomic mass is 16.5. The van der Waals surface area contributed by atoms with E-state index in [4.69, 9.17) is 4.74 Å². The SMILES string of the molecule is COc1cccc(C(=O)c2ccc3c(c2)CCC3)c1. The highest BCUT2D eigenvalue weighted by Crippen LogP contribution is 2.24. The number of methoxy groups -OCH3 is 1. The highest BCUT2D eigenvalue weighted by Gasteiger charge is 2.15. The lowest BCUT2D eigenvalue weighted by Gasteiger charge is -2.06. The molecule has 0 saturated carbocycles. The molecule has 0 radical (unpaired) electrons. The van der Waals surface area contributed by atoms with Gasteiger partial charge < -0.3 is 4.74 Å². The summed E-state index contributed by atoms with van der Waals surface area (Å²) in [5.74, 6) is 0.778. The number of carbonyl (C=O) groups excluding carboxylic acids is 1. The van der Waals surface area contributed by atoms with Gasteiger partial charge in [0.2, 0.25) is 0 Å². The van der Waals surface area contributed by atoms with Gasteiger partial charge in [-0.2, -0.15) is 0 Å². The van der Waals surface area contributed by atoms with Crippen molar-refractivity contribution in [3.63, 3.8) is 0 Å². The Labute approximate surface area is 113 Å². The second-order valence-corrected chi connectivity index (χ2v) is 4.90. The van der Waals surface area contributed by atoms with Crippen LogP contribution in [0, 0.1) is 0 Å². The molecule has 1 aliphatic rings. The minimum Gasteiger partial charge on any atom is -0.497 e. The van der Waals surface area contributed by atoms with Gasteiger partial charge in [0.05, 0.1) is 7.11 Å². The Bertz CT molecular complexity index is 629. The van der Waals surface area contributed by atoms with E-state index in [1.165, 1.54) is 17.5 Å². The minimum absolute atomic E-state index is 0.0635. The molecule has 0 saturated heterocycles. The van der Waals surface area contributed by atoms with Crippen molar-refractivity contribution in [2.75, 3.05) is 7.11 Å². The molecule has 2 aromatic carbocycles. The van der Waals surface area contributed by atoms with Crippen LogP contribution < -0.4 is 4.74 Å². The van der Waals surface area contributed by atoms with E-state index >= 15 is 0 Å². The molecule has 0 unspecified atom stereocenters. The quantitative estimate of drug-likeness (QED) is 0.782. The second kappa shape index (κ2) is 4.88. The summed E-state index contributed by atoms with van der Waals surface area (Å²) in [4.78, 5) is 12.5. The summed E-state index contributed by atoms with van der Waals surface area (Å²) in [5, 5.41) is 0. The molecule has 0 aliphatic heterocycles. The Balaban J connectivity index is 1.95. The molecule has 2 heteroatoms. The summed E-state index contributed by atoms with van der Waals surface area (Å²) >= 11 is 0. The standard InChI is InChI=1S/C17H16O2/c1-19-16-7-3-6-14(11-16)17(18)15-9-8-12-4-2-5-13(12)10-15/h3,6-11H,2,4-5H2,1H3. The highest BCUT2D eigenvalue weighted by molar-refractivity contribution is 6.09. The Morgan fingerprint density at radius 1 is 1.00 bits per heavy atom. The zero-order chi connectivity index (χ0) is 13.2. The van der Waals surface area contributed by atoms with Crippen molar-refractivity contribution in [1.82, 2.24) is 0 Å². The van der Waals surface area contributed by atoms with Crippen LogP contribution in [0.5, 0.6) is 5.75 Å². The second-order valence-electron chi connectivity index (χ2n) is 4.90. The number of ether oxygens (including phenoxy) is 1. The first-order valence-electron chi connectivity index (χ1n) is 6.58. The van der Waals surface area contributed by atoms with Crippen molar-refractivity contribution in [3.05, 3.63) is 64.7 Å². The van der Waals surface area contributed by atoms with Crippen LogP contribution in [0.25, 0.3) is 0 Å². The van der Waals surface area contributed by atoms with Gasteiger partial charge in [-0.15, -0.1) is 0 Å². The Kier molecular flexibility index (Phi) is 3.08. The zero-order valence-electron chi connectivity index (χ0n) is 11.0. The van der Waals surface area contributed by atoms with Gasteiger partial charge in [-0.05, 0) is 48.6 Å². The van der Waals surface area contributed by atoms with E-state index in [0.717, 1.165) is 18.4 Å². The van der Waals surface area contributed by atoms with E-state index in [0.29, 0.717) is 11.3 Å². The molecule has 96 valence electrons. The van der Waals surface area contributed by atoms with Crippen LogP contribution >= 0.6 is 0 Å². The van der Waals surface area contributed by atoms with Crippen LogP contribution in [-0.2, 0) is 12.8 Å². The molecule has 0 bridgehead atoms. The topological polar surface area (TPSA) is 26.3 Å². The Hall–Kier alpha value is -2.09. The third-order valence-corrected chi connectivity index (χ3v) is 3.69. The van der Waals surface area contributed by atoms with Gasteiger partial charge in [0, 0.05) is 11.1 Å². The summed E-state index contributed by atoms with van der Waals surface area (Å²) in [7, 11) is 1.61. The summed E-state index contributed by atoms with van der Waals surface area (Å²) < 4.78 is 5.16. The Morgan fingerprint density at radius 2 is 1.79 bits per heavy atom. The maximum atomic E-state index is 12.5. The number of rotatable bonds is 3. The summed E-state index contributed by atoms with van der Waals surface area (Å²) in [6.07, 6.45) is 3.43. The smallest absolute Gasteiger partial charge is 0.193 e. The van der Waals surface area contributed by atoms with E-state index in [1.807, 2.05) is 30.3 Å². The van der Waals surface area contributed by atoms with Gasteiger partial charge >= 0.3 is 0 Å². The predicted octanol–water partition coefficient (Wildman–Crippen LogP) is 3.41. The first-order chi connectivity index (χ1) is 9.28. The van der Waals surface area contributed by atoms with Crippen LogP contribution in [0.1, 0.15) is 33.5 Å². The fourth-order valence-corrected chi connectivity index (χ4v) is 2.64. The van der Waals surface area contributed by atoms with Crippen molar-refractivity contribution in [2.45, 2.75) is 19.3 Å². The van der Waals surface area contributed by atoms with Crippen LogP contribution in [-0.4, -0.2) is 12.9 Å². The molecular weight excluding hydrogens is 236 g/mol. The van der Waals surface area contributed by atoms with Crippen molar-refractivity contribution in [3.8, 4) is 5.75 Å². The van der Waals surface area contributed by atoms with Crippen molar-refractivity contribution >= 4 is 5.78 Å². The predicted molar refractivity (Wildman–Crippen MR) is 74.9 cm³/mol. The summed E-state index contributed by atoms with van der Waals surface area (Å²) in [5.41, 5.74) is 4.17. The largest absolute Gasteiger partial charge is 0.497 e. The minimum atomic E-state index is 0.0635. The van der Waals surface area contributed by atoms with E-state index in [1.54, 1.807) is 13.2 Å². The molecular formula is C17H16O2.